The van der Waals surface area contributed by atoms with Gasteiger partial charge in [-0.3, -0.25) is 4.79 Å². The molecule has 0 saturated heterocycles. The van der Waals surface area contributed by atoms with Crippen LogP contribution >= 0.6 is 23.2 Å². The number of amides is 1. The highest BCUT2D eigenvalue weighted by molar-refractivity contribution is 6.58. The lowest BCUT2D eigenvalue weighted by atomic mass is 10.2. The van der Waals surface area contributed by atoms with E-state index >= 15 is 0 Å². The van der Waals surface area contributed by atoms with Crippen molar-refractivity contribution >= 4 is 29.1 Å². The number of alkyl halides is 2. The van der Waals surface area contributed by atoms with Crippen molar-refractivity contribution in [2.75, 3.05) is 6.54 Å². The summed E-state index contributed by atoms with van der Waals surface area (Å²) >= 11 is 12.0. The highest BCUT2D eigenvalue weighted by Crippen LogP contribution is 2.28. The first-order valence-electron chi connectivity index (χ1n) is 5.83. The van der Waals surface area contributed by atoms with E-state index in [-0.39, 0.29) is 5.91 Å². The summed E-state index contributed by atoms with van der Waals surface area (Å²) in [6, 6.07) is 9.71. The third-order valence-corrected chi connectivity index (χ3v) is 3.47. The van der Waals surface area contributed by atoms with Gasteiger partial charge < -0.3 is 4.90 Å². The zero-order valence-electron chi connectivity index (χ0n) is 10.4. The van der Waals surface area contributed by atoms with Gasteiger partial charge in [0.25, 0.3) is 5.91 Å². The molecule has 0 spiro atoms. The van der Waals surface area contributed by atoms with Crippen LogP contribution in [0.15, 0.2) is 43.0 Å². The molecule has 0 atom stereocenters. The van der Waals surface area contributed by atoms with Gasteiger partial charge in [0.05, 0.1) is 0 Å². The maximum Gasteiger partial charge on any atom is 0.259 e. The van der Waals surface area contributed by atoms with Crippen LogP contribution in [0.1, 0.15) is 18.9 Å². The molecule has 0 fully saturated rings. The van der Waals surface area contributed by atoms with Gasteiger partial charge in [0.1, 0.15) is 0 Å². The Morgan fingerprint density at radius 3 is 2.50 bits per heavy atom. The quantitative estimate of drug-likeness (QED) is 0.575. The fourth-order valence-corrected chi connectivity index (χ4v) is 1.80. The summed E-state index contributed by atoms with van der Waals surface area (Å²) in [7, 11) is 0. The second-order valence-corrected chi connectivity index (χ2v) is 5.50. The average Bonchev–Trinajstić information content (AvgIpc) is 2.38. The molecule has 0 aliphatic heterocycles. The summed E-state index contributed by atoms with van der Waals surface area (Å²) in [5.74, 6) is -0.280. The maximum atomic E-state index is 12.2. The lowest BCUT2D eigenvalue weighted by molar-refractivity contribution is -0.132. The number of carbonyl (C=O) groups excluding carboxylic acids is 1. The zero-order valence-corrected chi connectivity index (χ0v) is 11.9. The van der Waals surface area contributed by atoms with Crippen molar-refractivity contribution in [1.29, 1.82) is 0 Å². The third-order valence-electron chi connectivity index (χ3n) is 2.61. The molecular weight excluding hydrogens is 269 g/mol. The Bertz CT molecular complexity index is 404. The summed E-state index contributed by atoms with van der Waals surface area (Å²) in [6.45, 7) is 6.34. The minimum Gasteiger partial charge on any atom is -0.332 e. The van der Waals surface area contributed by atoms with Crippen LogP contribution < -0.4 is 0 Å². The van der Waals surface area contributed by atoms with Crippen LogP contribution in [-0.4, -0.2) is 21.7 Å². The number of benzene rings is 1. The molecule has 4 heteroatoms. The van der Waals surface area contributed by atoms with Crippen LogP contribution in [-0.2, 0) is 11.3 Å². The lowest BCUT2D eigenvalue weighted by Gasteiger charge is -2.27. The Morgan fingerprint density at radius 2 is 2.00 bits per heavy atom. The first-order chi connectivity index (χ1) is 8.51. The van der Waals surface area contributed by atoms with E-state index in [0.717, 1.165) is 5.56 Å². The predicted molar refractivity (Wildman–Crippen MR) is 76.8 cm³/mol. The van der Waals surface area contributed by atoms with E-state index in [4.69, 9.17) is 23.2 Å². The van der Waals surface area contributed by atoms with Crippen molar-refractivity contribution in [2.45, 2.75) is 24.2 Å². The maximum absolute atomic E-state index is 12.2. The van der Waals surface area contributed by atoms with Crippen molar-refractivity contribution in [1.82, 2.24) is 4.90 Å². The molecule has 0 heterocycles. The SMILES string of the molecule is C=CCN(Cc1ccccc1)C(=O)C(Cl)(Cl)CC. The largest absolute Gasteiger partial charge is 0.332 e. The van der Waals surface area contributed by atoms with Crippen molar-refractivity contribution in [3.8, 4) is 0 Å². The summed E-state index contributed by atoms with van der Waals surface area (Å²) in [6.07, 6.45) is 2.04. The minimum absolute atomic E-state index is 0.280. The monoisotopic (exact) mass is 285 g/mol. The van der Waals surface area contributed by atoms with Gasteiger partial charge in [-0.2, -0.15) is 0 Å². The molecule has 0 unspecified atom stereocenters. The number of hydrogen-bond donors (Lipinski definition) is 0. The molecule has 0 N–H and O–H groups in total. The van der Waals surface area contributed by atoms with Gasteiger partial charge in [0.2, 0.25) is 0 Å². The molecule has 0 radical (unpaired) electrons. The molecule has 2 nitrogen and oxygen atoms in total. The average molecular weight is 286 g/mol. The van der Waals surface area contributed by atoms with Crippen LogP contribution in [0, 0.1) is 0 Å². The molecule has 0 saturated carbocycles. The van der Waals surface area contributed by atoms with E-state index in [1.165, 1.54) is 0 Å². The topological polar surface area (TPSA) is 20.3 Å². The number of nitrogens with zero attached hydrogens (tertiary/aromatic N) is 1. The summed E-state index contributed by atoms with van der Waals surface area (Å²) in [5.41, 5.74) is 1.04. The van der Waals surface area contributed by atoms with Crippen molar-refractivity contribution in [2.24, 2.45) is 0 Å². The Balaban J connectivity index is 2.83. The van der Waals surface area contributed by atoms with Gasteiger partial charge in [-0.05, 0) is 12.0 Å². The van der Waals surface area contributed by atoms with Gasteiger partial charge >= 0.3 is 0 Å². The minimum atomic E-state index is -1.36. The molecule has 0 bridgehead atoms. The summed E-state index contributed by atoms with van der Waals surface area (Å²) < 4.78 is -1.36. The lowest BCUT2D eigenvalue weighted by Crippen LogP contribution is -2.41. The third kappa shape index (κ3) is 4.04. The van der Waals surface area contributed by atoms with Crippen molar-refractivity contribution in [3.63, 3.8) is 0 Å². The molecular formula is C14H17Cl2NO. The second-order valence-electron chi connectivity index (χ2n) is 4.02. The van der Waals surface area contributed by atoms with Gasteiger partial charge in [0, 0.05) is 13.1 Å². The Hall–Kier alpha value is -0.990. The van der Waals surface area contributed by atoms with Crippen LogP contribution in [0.3, 0.4) is 0 Å². The van der Waals surface area contributed by atoms with E-state index in [1.807, 2.05) is 30.3 Å². The Labute approximate surface area is 118 Å². The zero-order chi connectivity index (χ0) is 13.6. The van der Waals surface area contributed by atoms with Crippen molar-refractivity contribution in [3.05, 3.63) is 48.6 Å². The molecule has 1 aromatic rings. The van der Waals surface area contributed by atoms with Gasteiger partial charge in [-0.15, -0.1) is 6.58 Å². The Kier molecular flexibility index (Phi) is 5.70. The highest BCUT2D eigenvalue weighted by Gasteiger charge is 2.35. The normalized spacial score (nSPS) is 11.1. The fourth-order valence-electron chi connectivity index (χ4n) is 1.56. The first-order valence-corrected chi connectivity index (χ1v) is 6.59. The van der Waals surface area contributed by atoms with E-state index in [1.54, 1.807) is 17.9 Å². The standard InChI is InChI=1S/C14H17Cl2NO/c1-3-10-17(13(18)14(15,16)4-2)11-12-8-6-5-7-9-12/h3,5-9H,1,4,10-11H2,2H3. The van der Waals surface area contributed by atoms with Crippen LogP contribution in [0.2, 0.25) is 0 Å². The summed E-state index contributed by atoms with van der Waals surface area (Å²) in [4.78, 5) is 13.8. The predicted octanol–water partition coefficient (Wildman–Crippen LogP) is 3.79. The second kappa shape index (κ2) is 6.81. The smallest absolute Gasteiger partial charge is 0.259 e. The molecule has 0 aliphatic carbocycles. The molecule has 1 amide bonds. The van der Waals surface area contributed by atoms with Crippen LogP contribution in [0.25, 0.3) is 0 Å². The van der Waals surface area contributed by atoms with Gasteiger partial charge in [-0.25, -0.2) is 0 Å². The fraction of sp³-hybridized carbons (Fsp3) is 0.357. The number of carbonyl (C=O) groups is 1. The number of halogens is 2. The Morgan fingerprint density at radius 1 is 1.39 bits per heavy atom. The summed E-state index contributed by atoms with van der Waals surface area (Å²) in [5, 5.41) is 0. The van der Waals surface area contributed by atoms with E-state index < -0.39 is 4.33 Å². The molecule has 1 rings (SSSR count). The molecule has 1 aromatic carbocycles. The van der Waals surface area contributed by atoms with Gasteiger partial charge in [0.15, 0.2) is 4.33 Å². The number of rotatable bonds is 6. The van der Waals surface area contributed by atoms with E-state index in [9.17, 15) is 4.79 Å². The van der Waals surface area contributed by atoms with Crippen LogP contribution in [0.4, 0.5) is 0 Å². The molecule has 0 aliphatic rings. The van der Waals surface area contributed by atoms with E-state index in [2.05, 4.69) is 6.58 Å². The van der Waals surface area contributed by atoms with Gasteiger partial charge in [-0.1, -0.05) is 66.5 Å². The highest BCUT2D eigenvalue weighted by atomic mass is 35.5. The van der Waals surface area contributed by atoms with Crippen molar-refractivity contribution < 1.29 is 4.79 Å². The van der Waals surface area contributed by atoms with E-state index in [0.29, 0.717) is 19.5 Å². The molecule has 0 aromatic heterocycles. The molecule has 18 heavy (non-hydrogen) atoms. The number of hydrogen-bond acceptors (Lipinski definition) is 1. The van der Waals surface area contributed by atoms with Crippen LogP contribution in [0.5, 0.6) is 0 Å². The first kappa shape index (κ1) is 15.1. The molecule has 98 valence electrons.